The van der Waals surface area contributed by atoms with Crippen molar-refractivity contribution in [3.8, 4) is 0 Å². The molecule has 0 fully saturated rings. The summed E-state index contributed by atoms with van der Waals surface area (Å²) in [5.74, 6) is 5.47. The number of aromatic nitrogens is 2. The number of nitrogens with zero attached hydrogens (tertiary/aromatic N) is 2. The number of hydrogen-bond donors (Lipinski definition) is 3. The van der Waals surface area contributed by atoms with Gasteiger partial charge in [0, 0.05) is 29.9 Å². The fraction of sp³-hybridized carbons (Fsp3) is 0.111. The lowest BCUT2D eigenvalue weighted by Gasteiger charge is -2.06. The highest BCUT2D eigenvalue weighted by atomic mass is 32.2. The Hall–Kier alpha value is -1.55. The van der Waals surface area contributed by atoms with Crippen LogP contribution in [0.4, 0.5) is 5.82 Å². The normalized spacial score (nSPS) is 11.4. The minimum absolute atomic E-state index is 0.106. The minimum atomic E-state index is -3.58. The summed E-state index contributed by atoms with van der Waals surface area (Å²) in [7, 11) is -3.58. The number of hydrogen-bond acceptors (Lipinski definition) is 7. The highest BCUT2D eigenvalue weighted by Gasteiger charge is 2.14. The maximum atomic E-state index is 12.0. The van der Waals surface area contributed by atoms with Crippen molar-refractivity contribution < 1.29 is 8.42 Å². The summed E-state index contributed by atoms with van der Waals surface area (Å²) in [5.41, 5.74) is 3.94. The molecule has 0 atom stereocenters. The molecule has 0 amide bonds. The molecule has 0 aliphatic carbocycles. The van der Waals surface area contributed by atoms with Crippen molar-refractivity contribution in [3.63, 3.8) is 0 Å². The zero-order valence-corrected chi connectivity index (χ0v) is 10.8. The van der Waals surface area contributed by atoms with Crippen molar-refractivity contribution in [2.24, 2.45) is 5.84 Å². The Morgan fingerprint density at radius 1 is 1.44 bits per heavy atom. The summed E-state index contributed by atoms with van der Waals surface area (Å²) in [6, 6.07) is 2.75. The number of rotatable bonds is 5. The Bertz CT molecular complexity index is 612. The molecule has 18 heavy (non-hydrogen) atoms. The van der Waals surface area contributed by atoms with Gasteiger partial charge in [0.05, 0.1) is 10.4 Å². The molecule has 2 aromatic rings. The van der Waals surface area contributed by atoms with Crippen LogP contribution in [0, 0.1) is 0 Å². The Labute approximate surface area is 108 Å². The van der Waals surface area contributed by atoms with Crippen LogP contribution in [0.25, 0.3) is 0 Å². The third-order valence-corrected chi connectivity index (χ3v) is 4.29. The standard InChI is InChI=1S/C9H11N5O2S2/c10-14-9-3-8(1-2-12-9)18(15,16)13-5-7-4-11-6-17-7/h1-4,6,13H,5,10H2,(H,12,14). The van der Waals surface area contributed by atoms with E-state index in [4.69, 9.17) is 5.84 Å². The van der Waals surface area contributed by atoms with Gasteiger partial charge < -0.3 is 5.43 Å². The molecule has 2 aromatic heterocycles. The summed E-state index contributed by atoms with van der Waals surface area (Å²) < 4.78 is 26.4. The first-order chi connectivity index (χ1) is 8.62. The van der Waals surface area contributed by atoms with Crippen LogP contribution < -0.4 is 16.0 Å². The number of thiazole rings is 1. The molecule has 0 unspecified atom stereocenters. The monoisotopic (exact) mass is 285 g/mol. The average Bonchev–Trinajstić information content (AvgIpc) is 2.90. The zero-order chi connectivity index (χ0) is 13.0. The number of pyridine rings is 1. The lowest BCUT2D eigenvalue weighted by Crippen LogP contribution is -2.23. The summed E-state index contributed by atoms with van der Waals surface area (Å²) in [4.78, 5) is 8.66. The van der Waals surface area contributed by atoms with Crippen molar-refractivity contribution in [2.45, 2.75) is 11.4 Å². The second-order valence-electron chi connectivity index (χ2n) is 3.31. The van der Waals surface area contributed by atoms with Crippen LogP contribution in [0.15, 0.2) is 34.9 Å². The molecule has 2 heterocycles. The minimum Gasteiger partial charge on any atom is -0.308 e. The first kappa shape index (κ1) is 12.9. The number of sulfonamides is 1. The van der Waals surface area contributed by atoms with Gasteiger partial charge in [0.25, 0.3) is 0 Å². The third-order valence-electron chi connectivity index (χ3n) is 2.11. The van der Waals surface area contributed by atoms with E-state index in [1.54, 1.807) is 11.7 Å². The van der Waals surface area contributed by atoms with Gasteiger partial charge in [-0.2, -0.15) is 0 Å². The smallest absolute Gasteiger partial charge is 0.241 e. The van der Waals surface area contributed by atoms with Gasteiger partial charge in [-0.25, -0.2) is 24.0 Å². The van der Waals surface area contributed by atoms with E-state index in [2.05, 4.69) is 20.1 Å². The number of nitrogens with one attached hydrogen (secondary N) is 2. The molecule has 0 aliphatic heterocycles. The molecular formula is C9H11N5O2S2. The second-order valence-corrected chi connectivity index (χ2v) is 6.05. The van der Waals surface area contributed by atoms with Gasteiger partial charge in [-0.05, 0) is 6.07 Å². The lowest BCUT2D eigenvalue weighted by molar-refractivity contribution is 0.581. The van der Waals surface area contributed by atoms with Gasteiger partial charge in [-0.15, -0.1) is 11.3 Å². The average molecular weight is 285 g/mol. The molecule has 0 saturated carbocycles. The Morgan fingerprint density at radius 2 is 2.28 bits per heavy atom. The maximum Gasteiger partial charge on any atom is 0.241 e. The van der Waals surface area contributed by atoms with Crippen LogP contribution >= 0.6 is 11.3 Å². The molecule has 0 saturated heterocycles. The van der Waals surface area contributed by atoms with Gasteiger partial charge in [0.2, 0.25) is 10.0 Å². The Kier molecular flexibility index (Phi) is 3.87. The summed E-state index contributed by atoms with van der Waals surface area (Å²) in [6.07, 6.45) is 2.99. The van der Waals surface area contributed by atoms with Gasteiger partial charge in [-0.1, -0.05) is 0 Å². The van der Waals surface area contributed by atoms with E-state index in [0.717, 1.165) is 4.88 Å². The summed E-state index contributed by atoms with van der Waals surface area (Å²) in [5, 5.41) is 0. The van der Waals surface area contributed by atoms with Crippen LogP contribution in [-0.2, 0) is 16.6 Å². The predicted octanol–water partition coefficient (Wildman–Crippen LogP) is 0.302. The molecule has 7 nitrogen and oxygen atoms in total. The van der Waals surface area contributed by atoms with Gasteiger partial charge in [0.1, 0.15) is 5.82 Å². The molecule has 0 radical (unpaired) electrons. The molecule has 96 valence electrons. The fourth-order valence-corrected chi connectivity index (χ4v) is 2.88. The SMILES string of the molecule is NNc1cc(S(=O)(=O)NCc2cncs2)ccn1. The molecule has 4 N–H and O–H groups in total. The van der Waals surface area contributed by atoms with E-state index in [1.807, 2.05) is 0 Å². The highest BCUT2D eigenvalue weighted by Crippen LogP contribution is 2.13. The molecule has 0 bridgehead atoms. The number of nitrogens with two attached hydrogens (primary N) is 1. The van der Waals surface area contributed by atoms with Gasteiger partial charge >= 0.3 is 0 Å². The molecule has 0 aliphatic rings. The first-order valence-corrected chi connectivity index (χ1v) is 7.28. The number of nitrogen functional groups attached to an aromatic ring is 1. The van der Waals surface area contributed by atoms with Crippen molar-refractivity contribution in [1.29, 1.82) is 0 Å². The Morgan fingerprint density at radius 3 is 2.94 bits per heavy atom. The van der Waals surface area contributed by atoms with E-state index in [1.165, 1.54) is 29.7 Å². The van der Waals surface area contributed by atoms with Crippen LogP contribution in [0.5, 0.6) is 0 Å². The van der Waals surface area contributed by atoms with Crippen molar-refractivity contribution in [1.82, 2.24) is 14.7 Å². The zero-order valence-electron chi connectivity index (χ0n) is 9.20. The lowest BCUT2D eigenvalue weighted by atomic mass is 10.5. The van der Waals surface area contributed by atoms with E-state index >= 15 is 0 Å². The first-order valence-electron chi connectivity index (χ1n) is 4.91. The predicted molar refractivity (Wildman–Crippen MR) is 68.2 cm³/mol. The van der Waals surface area contributed by atoms with E-state index < -0.39 is 10.0 Å². The summed E-state index contributed by atoms with van der Waals surface area (Å²) in [6.45, 7) is 0.209. The van der Waals surface area contributed by atoms with Crippen molar-refractivity contribution in [3.05, 3.63) is 34.9 Å². The molecule has 2 rings (SSSR count). The van der Waals surface area contributed by atoms with E-state index in [0.29, 0.717) is 0 Å². The second kappa shape index (κ2) is 5.40. The largest absolute Gasteiger partial charge is 0.308 e. The molecule has 0 aromatic carbocycles. The highest BCUT2D eigenvalue weighted by molar-refractivity contribution is 7.89. The number of anilines is 1. The maximum absolute atomic E-state index is 12.0. The van der Waals surface area contributed by atoms with Crippen LogP contribution in [0.2, 0.25) is 0 Å². The van der Waals surface area contributed by atoms with Gasteiger partial charge in [-0.3, -0.25) is 4.98 Å². The summed E-state index contributed by atoms with van der Waals surface area (Å²) >= 11 is 1.38. The molecule has 9 heteroatoms. The van der Waals surface area contributed by atoms with Gasteiger partial charge in [0.15, 0.2) is 0 Å². The third kappa shape index (κ3) is 3.01. The van der Waals surface area contributed by atoms with E-state index in [9.17, 15) is 8.42 Å². The van der Waals surface area contributed by atoms with Crippen LogP contribution in [0.1, 0.15) is 4.88 Å². The van der Waals surface area contributed by atoms with Crippen molar-refractivity contribution >= 4 is 27.2 Å². The van der Waals surface area contributed by atoms with E-state index in [-0.39, 0.29) is 17.3 Å². The number of hydrazine groups is 1. The fourth-order valence-electron chi connectivity index (χ4n) is 1.24. The molecular weight excluding hydrogens is 274 g/mol. The Balaban J connectivity index is 2.14. The van der Waals surface area contributed by atoms with Crippen LogP contribution in [0.3, 0.4) is 0 Å². The quantitative estimate of drug-likeness (QED) is 0.538. The van der Waals surface area contributed by atoms with Crippen molar-refractivity contribution in [2.75, 3.05) is 5.43 Å². The topological polar surface area (TPSA) is 110 Å². The molecule has 0 spiro atoms. The van der Waals surface area contributed by atoms with Crippen LogP contribution in [-0.4, -0.2) is 18.4 Å².